The van der Waals surface area contributed by atoms with E-state index in [1.54, 1.807) is 6.07 Å². The number of para-hydroxylation sites is 1. The van der Waals surface area contributed by atoms with E-state index in [0.717, 1.165) is 17.4 Å². The molecule has 27 heavy (non-hydrogen) atoms. The normalized spacial score (nSPS) is 17.4. The van der Waals surface area contributed by atoms with E-state index in [1.807, 2.05) is 30.3 Å². The maximum atomic E-state index is 12.2. The van der Waals surface area contributed by atoms with Crippen LogP contribution in [-0.4, -0.2) is 27.2 Å². The third kappa shape index (κ3) is 5.05. The minimum Gasteiger partial charge on any atom is -0.326 e. The Bertz CT molecular complexity index is 903. The van der Waals surface area contributed by atoms with E-state index >= 15 is 0 Å². The van der Waals surface area contributed by atoms with Crippen molar-refractivity contribution in [2.24, 2.45) is 5.10 Å². The highest BCUT2D eigenvalue weighted by atomic mass is 32.2. The van der Waals surface area contributed by atoms with Gasteiger partial charge in [0.15, 0.2) is 5.17 Å². The number of nitrogens with one attached hydrogen (secondary N) is 3. The highest BCUT2D eigenvalue weighted by molar-refractivity contribution is 8.15. The van der Waals surface area contributed by atoms with Crippen LogP contribution in [-0.2, 0) is 9.59 Å². The SMILES string of the molecule is O=C(C[C@H]1S/C(=N/Nc2ccccc2)NC1=O)Nc1cccc([N+](=O)[O-])c1. The minimum atomic E-state index is -0.625. The van der Waals surface area contributed by atoms with E-state index in [-0.39, 0.29) is 18.0 Å². The van der Waals surface area contributed by atoms with Crippen molar-refractivity contribution in [2.45, 2.75) is 11.7 Å². The van der Waals surface area contributed by atoms with Crippen molar-refractivity contribution >= 4 is 45.8 Å². The number of anilines is 2. The summed E-state index contributed by atoms with van der Waals surface area (Å²) < 4.78 is 0. The van der Waals surface area contributed by atoms with Crippen molar-refractivity contribution in [3.8, 4) is 0 Å². The van der Waals surface area contributed by atoms with Gasteiger partial charge in [0.1, 0.15) is 5.25 Å². The topological polar surface area (TPSA) is 126 Å². The van der Waals surface area contributed by atoms with Gasteiger partial charge in [-0.15, -0.1) is 5.10 Å². The van der Waals surface area contributed by atoms with E-state index < -0.39 is 16.1 Å². The van der Waals surface area contributed by atoms with Crippen LogP contribution in [0.1, 0.15) is 6.42 Å². The number of non-ortho nitro benzene ring substituents is 1. The zero-order valence-corrected chi connectivity index (χ0v) is 14.7. The Hall–Kier alpha value is -3.40. The molecule has 0 saturated carbocycles. The number of nitrogens with zero attached hydrogens (tertiary/aromatic N) is 2. The Morgan fingerprint density at radius 2 is 1.93 bits per heavy atom. The molecule has 1 atom stereocenters. The lowest BCUT2D eigenvalue weighted by Gasteiger charge is -2.07. The molecular weight excluding hydrogens is 370 g/mol. The van der Waals surface area contributed by atoms with Gasteiger partial charge in [0.25, 0.3) is 5.69 Å². The largest absolute Gasteiger partial charge is 0.326 e. The van der Waals surface area contributed by atoms with Crippen molar-refractivity contribution in [1.29, 1.82) is 0 Å². The van der Waals surface area contributed by atoms with Gasteiger partial charge in [0.2, 0.25) is 11.8 Å². The zero-order chi connectivity index (χ0) is 19.2. The molecule has 2 aromatic carbocycles. The third-order valence-corrected chi connectivity index (χ3v) is 4.63. The number of thioether (sulfide) groups is 1. The molecule has 3 N–H and O–H groups in total. The van der Waals surface area contributed by atoms with Crippen LogP contribution in [0.25, 0.3) is 0 Å². The van der Waals surface area contributed by atoms with Crippen LogP contribution >= 0.6 is 11.8 Å². The fraction of sp³-hybridized carbons (Fsp3) is 0.118. The Morgan fingerprint density at radius 3 is 2.67 bits per heavy atom. The molecule has 10 heteroatoms. The molecule has 0 aromatic heterocycles. The first-order chi connectivity index (χ1) is 13.0. The molecule has 9 nitrogen and oxygen atoms in total. The first-order valence-electron chi connectivity index (χ1n) is 7.92. The van der Waals surface area contributed by atoms with Gasteiger partial charge in [-0.1, -0.05) is 36.0 Å². The summed E-state index contributed by atoms with van der Waals surface area (Å²) in [6.45, 7) is 0. The fourth-order valence-corrected chi connectivity index (χ4v) is 3.23. The Balaban J connectivity index is 1.56. The van der Waals surface area contributed by atoms with E-state index in [1.165, 1.54) is 18.2 Å². The Morgan fingerprint density at radius 1 is 1.19 bits per heavy atom. The van der Waals surface area contributed by atoms with Crippen LogP contribution in [0.2, 0.25) is 0 Å². The number of hydrogen-bond donors (Lipinski definition) is 3. The van der Waals surface area contributed by atoms with Crippen molar-refractivity contribution < 1.29 is 14.5 Å². The first-order valence-corrected chi connectivity index (χ1v) is 8.80. The van der Waals surface area contributed by atoms with Gasteiger partial charge in [0, 0.05) is 24.2 Å². The number of benzene rings is 2. The molecule has 1 fully saturated rings. The summed E-state index contributed by atoms with van der Waals surface area (Å²) >= 11 is 1.14. The summed E-state index contributed by atoms with van der Waals surface area (Å²) in [5.74, 6) is -0.733. The van der Waals surface area contributed by atoms with Crippen LogP contribution in [0.3, 0.4) is 0 Å². The number of nitro benzene ring substituents is 1. The number of hydrazone groups is 1. The number of amidine groups is 1. The summed E-state index contributed by atoms with van der Waals surface area (Å²) in [4.78, 5) is 34.4. The molecule has 1 saturated heterocycles. The van der Waals surface area contributed by atoms with Gasteiger partial charge in [-0.25, -0.2) is 0 Å². The van der Waals surface area contributed by atoms with Gasteiger partial charge in [0.05, 0.1) is 10.6 Å². The molecule has 1 heterocycles. The maximum Gasteiger partial charge on any atom is 0.271 e. The second-order valence-corrected chi connectivity index (χ2v) is 6.74. The van der Waals surface area contributed by atoms with Crippen molar-refractivity contribution in [3.05, 3.63) is 64.7 Å². The van der Waals surface area contributed by atoms with E-state index in [0.29, 0.717) is 10.9 Å². The molecule has 1 aliphatic heterocycles. The predicted molar refractivity (Wildman–Crippen MR) is 103 cm³/mol. The number of amides is 2. The molecule has 138 valence electrons. The number of rotatable bonds is 6. The van der Waals surface area contributed by atoms with Gasteiger partial charge in [-0.3, -0.25) is 25.1 Å². The van der Waals surface area contributed by atoms with Crippen LogP contribution in [0, 0.1) is 10.1 Å². The lowest BCUT2D eigenvalue weighted by molar-refractivity contribution is -0.384. The molecule has 0 spiro atoms. The predicted octanol–water partition coefficient (Wildman–Crippen LogP) is 2.54. The summed E-state index contributed by atoms with van der Waals surface area (Å²) in [6.07, 6.45) is -0.0798. The summed E-state index contributed by atoms with van der Waals surface area (Å²) in [7, 11) is 0. The molecule has 3 rings (SSSR count). The lowest BCUT2D eigenvalue weighted by atomic mass is 10.2. The standard InChI is InChI=1S/C17H15N5O4S/c23-15(18-12-7-4-8-13(9-12)22(25)26)10-14-16(24)19-17(27-14)21-20-11-5-2-1-3-6-11/h1-9,14,20H,10H2,(H,18,23)(H,19,21,24)/t14-/m1/s1. The lowest BCUT2D eigenvalue weighted by Crippen LogP contribution is -2.28. The first kappa shape index (κ1) is 18.4. The smallest absolute Gasteiger partial charge is 0.271 e. The van der Waals surface area contributed by atoms with E-state index in [9.17, 15) is 19.7 Å². The summed E-state index contributed by atoms with van der Waals surface area (Å²) in [6, 6.07) is 14.8. The molecule has 2 aromatic rings. The second-order valence-electron chi connectivity index (χ2n) is 5.55. The maximum absolute atomic E-state index is 12.2. The molecule has 1 aliphatic rings. The number of carbonyl (C=O) groups excluding carboxylic acids is 2. The van der Waals surface area contributed by atoms with Crippen LogP contribution < -0.4 is 16.1 Å². The molecular formula is C17H15N5O4S. The van der Waals surface area contributed by atoms with Gasteiger partial charge in [-0.05, 0) is 18.2 Å². The number of carbonyl (C=O) groups is 2. The Labute approximate surface area is 158 Å². The molecule has 0 radical (unpaired) electrons. The average molecular weight is 385 g/mol. The van der Waals surface area contributed by atoms with Crippen molar-refractivity contribution in [1.82, 2.24) is 5.32 Å². The fourth-order valence-electron chi connectivity index (χ4n) is 2.30. The minimum absolute atomic E-state index is 0.0798. The van der Waals surface area contributed by atoms with Crippen molar-refractivity contribution in [3.63, 3.8) is 0 Å². The molecule has 0 bridgehead atoms. The summed E-state index contributed by atoms with van der Waals surface area (Å²) in [5.41, 5.74) is 3.78. The highest BCUT2D eigenvalue weighted by Gasteiger charge is 2.32. The highest BCUT2D eigenvalue weighted by Crippen LogP contribution is 2.24. The van der Waals surface area contributed by atoms with Crippen molar-refractivity contribution in [2.75, 3.05) is 10.7 Å². The van der Waals surface area contributed by atoms with E-state index in [4.69, 9.17) is 0 Å². The third-order valence-electron chi connectivity index (χ3n) is 3.55. The van der Waals surface area contributed by atoms with Gasteiger partial charge < -0.3 is 10.6 Å². The van der Waals surface area contributed by atoms with Gasteiger partial charge >= 0.3 is 0 Å². The number of nitro groups is 1. The summed E-state index contributed by atoms with van der Waals surface area (Å²) in [5, 5.41) is 19.8. The van der Waals surface area contributed by atoms with Gasteiger partial charge in [-0.2, -0.15) is 0 Å². The molecule has 0 unspecified atom stereocenters. The van der Waals surface area contributed by atoms with Crippen LogP contribution in [0.5, 0.6) is 0 Å². The van der Waals surface area contributed by atoms with Crippen LogP contribution in [0.4, 0.5) is 17.1 Å². The number of hydrogen-bond acceptors (Lipinski definition) is 7. The second kappa shape index (κ2) is 8.32. The quantitative estimate of drug-likeness (QED) is 0.518. The monoisotopic (exact) mass is 385 g/mol. The molecule has 0 aliphatic carbocycles. The average Bonchev–Trinajstić information content (AvgIpc) is 3.00. The molecule has 2 amide bonds. The zero-order valence-electron chi connectivity index (χ0n) is 13.9. The Kier molecular flexibility index (Phi) is 5.67. The van der Waals surface area contributed by atoms with E-state index in [2.05, 4.69) is 21.2 Å². The van der Waals surface area contributed by atoms with Crippen LogP contribution in [0.15, 0.2) is 59.7 Å².